The Morgan fingerprint density at radius 2 is 2.23 bits per heavy atom. The molecule has 0 bridgehead atoms. The number of nitrogens with one attached hydrogen (secondary N) is 2. The molecule has 1 aliphatic rings. The number of anilines is 1. The van der Waals surface area contributed by atoms with Crippen molar-refractivity contribution in [2.45, 2.75) is 31.7 Å². The molecule has 1 aliphatic heterocycles. The van der Waals surface area contributed by atoms with Crippen LogP contribution in [0.25, 0.3) is 0 Å². The highest BCUT2D eigenvalue weighted by atomic mass is 32.1. The van der Waals surface area contributed by atoms with Crippen LogP contribution in [0.2, 0.25) is 0 Å². The van der Waals surface area contributed by atoms with Crippen LogP contribution in [0.15, 0.2) is 30.5 Å². The third-order valence-corrected chi connectivity index (χ3v) is 4.60. The lowest BCUT2D eigenvalue weighted by atomic mass is 10.1. The zero-order valence-electron chi connectivity index (χ0n) is 12.1. The monoisotopic (exact) mass is 319 g/mol. The number of halogens is 1. The van der Waals surface area contributed by atoms with E-state index in [-0.39, 0.29) is 11.7 Å². The van der Waals surface area contributed by atoms with E-state index in [0.717, 1.165) is 29.8 Å². The Morgan fingerprint density at radius 3 is 2.95 bits per heavy atom. The lowest BCUT2D eigenvalue weighted by molar-refractivity contribution is -0.116. The average Bonchev–Trinajstić information content (AvgIpc) is 3.14. The lowest BCUT2D eigenvalue weighted by Crippen LogP contribution is -2.27. The van der Waals surface area contributed by atoms with E-state index in [2.05, 4.69) is 15.6 Å². The first kappa shape index (κ1) is 15.1. The van der Waals surface area contributed by atoms with Gasteiger partial charge in [0.15, 0.2) is 5.13 Å². The van der Waals surface area contributed by atoms with Crippen molar-refractivity contribution in [3.8, 4) is 0 Å². The van der Waals surface area contributed by atoms with Crippen LogP contribution in [0.5, 0.6) is 0 Å². The maximum Gasteiger partial charge on any atom is 0.227 e. The second-order valence-corrected chi connectivity index (χ2v) is 6.60. The number of thiazole rings is 1. The lowest BCUT2D eigenvalue weighted by Gasteiger charge is -2.08. The fourth-order valence-electron chi connectivity index (χ4n) is 2.58. The van der Waals surface area contributed by atoms with Gasteiger partial charge in [-0.2, -0.15) is 0 Å². The number of carbonyl (C=O) groups is 1. The summed E-state index contributed by atoms with van der Waals surface area (Å²) in [6.07, 6.45) is 5.14. The third kappa shape index (κ3) is 4.11. The van der Waals surface area contributed by atoms with Crippen molar-refractivity contribution in [1.29, 1.82) is 0 Å². The number of aromatic nitrogens is 1. The summed E-state index contributed by atoms with van der Waals surface area (Å²) >= 11 is 1.46. The standard InChI is InChI=1S/C16H18FN3OS/c17-12-5-3-11(4-6-12)8-14-10-19-16(22-14)20-15(21)9-13-2-1-7-18-13/h3-6,10,13,18H,1-2,7-9H2,(H,19,20,21)/t13-/m1/s1. The molecule has 6 heteroatoms. The van der Waals surface area contributed by atoms with Crippen molar-refractivity contribution in [2.75, 3.05) is 11.9 Å². The van der Waals surface area contributed by atoms with Crippen LogP contribution in [-0.2, 0) is 11.2 Å². The Balaban J connectivity index is 1.54. The molecule has 1 saturated heterocycles. The van der Waals surface area contributed by atoms with Crippen LogP contribution < -0.4 is 10.6 Å². The van der Waals surface area contributed by atoms with E-state index < -0.39 is 0 Å². The molecule has 2 aromatic rings. The van der Waals surface area contributed by atoms with E-state index in [9.17, 15) is 9.18 Å². The van der Waals surface area contributed by atoms with Gasteiger partial charge in [-0.15, -0.1) is 11.3 Å². The Morgan fingerprint density at radius 1 is 1.41 bits per heavy atom. The van der Waals surface area contributed by atoms with Crippen LogP contribution in [-0.4, -0.2) is 23.5 Å². The highest BCUT2D eigenvalue weighted by molar-refractivity contribution is 7.15. The van der Waals surface area contributed by atoms with Crippen molar-refractivity contribution < 1.29 is 9.18 Å². The minimum absolute atomic E-state index is 0.00193. The maximum absolute atomic E-state index is 12.9. The highest BCUT2D eigenvalue weighted by Gasteiger charge is 2.18. The second kappa shape index (κ2) is 6.98. The number of hydrogen-bond donors (Lipinski definition) is 2. The van der Waals surface area contributed by atoms with E-state index in [1.54, 1.807) is 18.3 Å². The van der Waals surface area contributed by atoms with Gasteiger partial charge in [0.05, 0.1) is 0 Å². The summed E-state index contributed by atoms with van der Waals surface area (Å²) < 4.78 is 12.9. The first-order valence-corrected chi connectivity index (χ1v) is 8.23. The van der Waals surface area contributed by atoms with Gasteiger partial charge < -0.3 is 10.6 Å². The van der Waals surface area contributed by atoms with Crippen LogP contribution in [0.3, 0.4) is 0 Å². The smallest absolute Gasteiger partial charge is 0.227 e. The summed E-state index contributed by atoms with van der Waals surface area (Å²) in [5.74, 6) is -0.233. The molecule has 0 aliphatic carbocycles. The fraction of sp³-hybridized carbons (Fsp3) is 0.375. The number of nitrogens with zero attached hydrogens (tertiary/aromatic N) is 1. The van der Waals surface area contributed by atoms with Gasteiger partial charge in [0.25, 0.3) is 0 Å². The molecule has 3 rings (SSSR count). The number of amides is 1. The first-order valence-electron chi connectivity index (χ1n) is 7.41. The van der Waals surface area contributed by atoms with Crippen molar-refractivity contribution >= 4 is 22.4 Å². The summed E-state index contributed by atoms with van der Waals surface area (Å²) in [5.41, 5.74) is 1.03. The molecule has 0 saturated carbocycles. The van der Waals surface area contributed by atoms with E-state index in [0.29, 0.717) is 24.0 Å². The Hall–Kier alpha value is -1.79. The molecule has 2 heterocycles. The molecule has 22 heavy (non-hydrogen) atoms. The molecular formula is C16H18FN3OS. The number of benzene rings is 1. The largest absolute Gasteiger partial charge is 0.313 e. The van der Waals surface area contributed by atoms with Crippen LogP contribution in [0.1, 0.15) is 29.7 Å². The van der Waals surface area contributed by atoms with Gasteiger partial charge in [0, 0.05) is 30.0 Å². The normalized spacial score (nSPS) is 17.6. The summed E-state index contributed by atoms with van der Waals surface area (Å²) in [6, 6.07) is 6.72. The zero-order valence-corrected chi connectivity index (χ0v) is 13.0. The van der Waals surface area contributed by atoms with Crippen molar-refractivity contribution in [3.63, 3.8) is 0 Å². The number of carbonyl (C=O) groups excluding carboxylic acids is 1. The van der Waals surface area contributed by atoms with E-state index in [1.807, 2.05) is 0 Å². The second-order valence-electron chi connectivity index (χ2n) is 5.48. The quantitative estimate of drug-likeness (QED) is 0.891. The summed E-state index contributed by atoms with van der Waals surface area (Å²) in [7, 11) is 0. The van der Waals surface area contributed by atoms with E-state index in [1.165, 1.54) is 23.5 Å². The summed E-state index contributed by atoms with van der Waals surface area (Å²) in [6.45, 7) is 0.997. The minimum atomic E-state index is -0.235. The molecule has 1 aromatic carbocycles. The predicted molar refractivity (Wildman–Crippen MR) is 85.6 cm³/mol. The number of hydrogen-bond acceptors (Lipinski definition) is 4. The summed E-state index contributed by atoms with van der Waals surface area (Å²) in [4.78, 5) is 17.2. The van der Waals surface area contributed by atoms with Crippen LogP contribution in [0.4, 0.5) is 9.52 Å². The van der Waals surface area contributed by atoms with Gasteiger partial charge in [-0.3, -0.25) is 4.79 Å². The zero-order chi connectivity index (χ0) is 15.4. The molecule has 1 atom stereocenters. The van der Waals surface area contributed by atoms with Gasteiger partial charge in [0.2, 0.25) is 5.91 Å². The van der Waals surface area contributed by atoms with Crippen molar-refractivity contribution in [3.05, 3.63) is 46.7 Å². The molecule has 0 unspecified atom stereocenters. The van der Waals surface area contributed by atoms with E-state index in [4.69, 9.17) is 0 Å². The van der Waals surface area contributed by atoms with Crippen LogP contribution in [0, 0.1) is 5.82 Å². The van der Waals surface area contributed by atoms with Crippen LogP contribution >= 0.6 is 11.3 Å². The van der Waals surface area contributed by atoms with E-state index >= 15 is 0 Å². The SMILES string of the molecule is O=C(C[C@H]1CCCN1)Nc1ncc(Cc2ccc(F)cc2)s1. The average molecular weight is 319 g/mol. The minimum Gasteiger partial charge on any atom is -0.313 e. The summed E-state index contributed by atoms with van der Waals surface area (Å²) in [5, 5.41) is 6.78. The van der Waals surface area contributed by atoms with Gasteiger partial charge in [-0.25, -0.2) is 9.37 Å². The predicted octanol–water partition coefficient (Wildman–Crippen LogP) is 2.95. The third-order valence-electron chi connectivity index (χ3n) is 3.69. The molecule has 2 N–H and O–H groups in total. The molecule has 4 nitrogen and oxygen atoms in total. The topological polar surface area (TPSA) is 54.0 Å². The van der Waals surface area contributed by atoms with Gasteiger partial charge >= 0.3 is 0 Å². The van der Waals surface area contributed by atoms with Gasteiger partial charge in [0.1, 0.15) is 5.82 Å². The van der Waals surface area contributed by atoms with Gasteiger partial charge in [-0.1, -0.05) is 12.1 Å². The van der Waals surface area contributed by atoms with Crippen molar-refractivity contribution in [2.24, 2.45) is 0 Å². The maximum atomic E-state index is 12.9. The highest BCUT2D eigenvalue weighted by Crippen LogP contribution is 2.22. The Kier molecular flexibility index (Phi) is 4.80. The van der Waals surface area contributed by atoms with Gasteiger partial charge in [-0.05, 0) is 37.1 Å². The molecular weight excluding hydrogens is 301 g/mol. The Labute approximate surface area is 132 Å². The fourth-order valence-corrected chi connectivity index (χ4v) is 3.44. The molecule has 1 aromatic heterocycles. The molecule has 0 radical (unpaired) electrons. The Bertz CT molecular complexity index is 635. The molecule has 116 valence electrons. The van der Waals surface area contributed by atoms with Crippen molar-refractivity contribution in [1.82, 2.24) is 10.3 Å². The molecule has 1 fully saturated rings. The number of rotatable bonds is 5. The molecule has 0 spiro atoms. The first-order chi connectivity index (χ1) is 10.7. The molecule has 1 amide bonds.